The smallest absolute Gasteiger partial charge is 0.408 e. The van der Waals surface area contributed by atoms with E-state index in [2.05, 4.69) is 5.32 Å². The van der Waals surface area contributed by atoms with Crippen molar-refractivity contribution in [2.24, 2.45) is 5.92 Å². The zero-order chi connectivity index (χ0) is 26.6. The summed E-state index contributed by atoms with van der Waals surface area (Å²) in [4.78, 5) is 39.0. The Morgan fingerprint density at radius 2 is 1.46 bits per heavy atom. The Kier molecular flexibility index (Phi) is 10.0. The molecule has 0 bridgehead atoms. The van der Waals surface area contributed by atoms with Crippen molar-refractivity contribution in [1.29, 1.82) is 0 Å². The largest absolute Gasteiger partial charge is 0.465 e. The zero-order valence-electron chi connectivity index (χ0n) is 21.3. The van der Waals surface area contributed by atoms with Gasteiger partial charge in [-0.15, -0.1) is 0 Å². The molecule has 3 aromatic rings. The van der Waals surface area contributed by atoms with Gasteiger partial charge in [0.05, 0.1) is 24.6 Å². The Hall–Kier alpha value is -4.39. The van der Waals surface area contributed by atoms with Gasteiger partial charge in [0, 0.05) is 13.6 Å². The number of ether oxygens (including phenoxy) is 2. The van der Waals surface area contributed by atoms with E-state index in [4.69, 9.17) is 9.47 Å². The van der Waals surface area contributed by atoms with Gasteiger partial charge in [-0.2, -0.15) is 0 Å². The molecular weight excluding hydrogens is 468 g/mol. The number of hydrogen-bond acceptors (Lipinski definition) is 5. The molecule has 3 rings (SSSR count). The number of amides is 2. The molecule has 0 aromatic heterocycles. The third-order valence-corrected chi connectivity index (χ3v) is 5.80. The summed E-state index contributed by atoms with van der Waals surface area (Å²) in [6.07, 6.45) is 2.92. The van der Waals surface area contributed by atoms with Crippen LogP contribution in [-0.4, -0.2) is 37.0 Å². The number of carbonyl (C=O) groups is 3. The number of benzene rings is 3. The fourth-order valence-electron chi connectivity index (χ4n) is 3.72. The number of nitrogens with one attached hydrogen (secondary N) is 1. The lowest BCUT2D eigenvalue weighted by atomic mass is 10.0. The van der Waals surface area contributed by atoms with Crippen LogP contribution in [-0.2, 0) is 27.4 Å². The van der Waals surface area contributed by atoms with Gasteiger partial charge in [0.15, 0.2) is 0 Å². The minimum Gasteiger partial charge on any atom is -0.465 e. The van der Waals surface area contributed by atoms with E-state index in [0.717, 1.165) is 16.7 Å². The van der Waals surface area contributed by atoms with Gasteiger partial charge in [0.2, 0.25) is 5.91 Å². The van der Waals surface area contributed by atoms with Crippen LogP contribution in [0.5, 0.6) is 0 Å². The molecule has 0 saturated carbocycles. The molecule has 2 amide bonds. The summed E-state index contributed by atoms with van der Waals surface area (Å²) in [6, 6.07) is 25.3. The Morgan fingerprint density at radius 1 is 0.865 bits per heavy atom. The van der Waals surface area contributed by atoms with Gasteiger partial charge >= 0.3 is 12.1 Å². The van der Waals surface area contributed by atoms with E-state index in [-0.39, 0.29) is 12.5 Å². The van der Waals surface area contributed by atoms with E-state index >= 15 is 0 Å². The van der Waals surface area contributed by atoms with E-state index in [1.165, 1.54) is 7.11 Å². The Labute approximate surface area is 217 Å². The van der Waals surface area contributed by atoms with Crippen LogP contribution in [0.3, 0.4) is 0 Å². The predicted molar refractivity (Wildman–Crippen MR) is 142 cm³/mol. The summed E-state index contributed by atoms with van der Waals surface area (Å²) < 4.78 is 10.1. The van der Waals surface area contributed by atoms with Gasteiger partial charge in [-0.05, 0) is 28.8 Å². The molecule has 7 heteroatoms. The van der Waals surface area contributed by atoms with Crippen molar-refractivity contribution < 1.29 is 23.9 Å². The Bertz CT molecular complexity index is 1190. The van der Waals surface area contributed by atoms with Crippen LogP contribution in [0.15, 0.2) is 97.1 Å². The number of methoxy groups -OCH3 is 1. The highest BCUT2D eigenvalue weighted by molar-refractivity contribution is 5.89. The Balaban J connectivity index is 1.71. The molecule has 0 fully saturated rings. The second-order valence-electron chi connectivity index (χ2n) is 8.65. The van der Waals surface area contributed by atoms with E-state index in [9.17, 15) is 14.4 Å². The topological polar surface area (TPSA) is 84.9 Å². The molecule has 0 heterocycles. The first kappa shape index (κ1) is 27.2. The quantitative estimate of drug-likeness (QED) is 0.302. The van der Waals surface area contributed by atoms with Crippen molar-refractivity contribution in [2.45, 2.75) is 26.1 Å². The van der Waals surface area contributed by atoms with Gasteiger partial charge in [0.25, 0.3) is 0 Å². The molecule has 0 saturated heterocycles. The maximum Gasteiger partial charge on any atom is 0.408 e. The van der Waals surface area contributed by atoms with Crippen LogP contribution in [0.25, 0.3) is 0 Å². The van der Waals surface area contributed by atoms with Crippen molar-refractivity contribution in [3.8, 4) is 0 Å². The molecule has 3 aromatic carbocycles. The summed E-state index contributed by atoms with van der Waals surface area (Å²) >= 11 is 0. The standard InChI is InChI=1S/C30H32N2O5/c1-22(28(33)32(2)20-23-10-6-4-7-11-23)14-19-27(25-15-17-26(18-16-25)29(34)36-3)31-30(35)37-21-24-12-8-5-9-13-24/h4-19,22,27H,20-21H2,1-3H3,(H,31,35)/b19-14+/t22-,27?/m1/s1. The van der Waals surface area contributed by atoms with Crippen LogP contribution in [0, 0.1) is 5.92 Å². The van der Waals surface area contributed by atoms with E-state index in [1.54, 1.807) is 48.4 Å². The molecule has 7 nitrogen and oxygen atoms in total. The first-order valence-corrected chi connectivity index (χ1v) is 12.0. The summed E-state index contributed by atoms with van der Waals surface area (Å²) in [5, 5.41) is 2.84. The highest BCUT2D eigenvalue weighted by Crippen LogP contribution is 2.19. The number of alkyl carbamates (subject to hydrolysis) is 1. The third-order valence-electron chi connectivity index (χ3n) is 5.80. The van der Waals surface area contributed by atoms with Gasteiger partial charge < -0.3 is 19.7 Å². The highest BCUT2D eigenvalue weighted by Gasteiger charge is 2.18. The van der Waals surface area contributed by atoms with Crippen LogP contribution in [0.2, 0.25) is 0 Å². The minimum absolute atomic E-state index is 0.0495. The normalized spacial score (nSPS) is 12.4. The third kappa shape index (κ3) is 8.35. The monoisotopic (exact) mass is 500 g/mol. The molecule has 0 aliphatic rings. The molecule has 0 aliphatic heterocycles. The number of hydrogen-bond donors (Lipinski definition) is 1. The number of rotatable bonds is 10. The zero-order valence-corrected chi connectivity index (χ0v) is 21.3. The summed E-state index contributed by atoms with van der Waals surface area (Å²) in [7, 11) is 3.08. The number of esters is 1. The van der Waals surface area contributed by atoms with E-state index in [0.29, 0.717) is 12.1 Å². The fraction of sp³-hybridized carbons (Fsp3) is 0.233. The second-order valence-corrected chi connectivity index (χ2v) is 8.65. The Morgan fingerprint density at radius 3 is 2.05 bits per heavy atom. The van der Waals surface area contributed by atoms with Crippen LogP contribution in [0.4, 0.5) is 4.79 Å². The van der Waals surface area contributed by atoms with Gasteiger partial charge in [-0.25, -0.2) is 9.59 Å². The van der Waals surface area contributed by atoms with Crippen LogP contribution >= 0.6 is 0 Å². The summed E-state index contributed by atoms with van der Waals surface area (Å²) in [5.74, 6) is -0.922. The van der Waals surface area contributed by atoms with Crippen molar-refractivity contribution in [2.75, 3.05) is 14.2 Å². The predicted octanol–water partition coefficient (Wildman–Crippen LogP) is 5.29. The van der Waals surface area contributed by atoms with E-state index < -0.39 is 24.0 Å². The van der Waals surface area contributed by atoms with Gasteiger partial charge in [-0.1, -0.05) is 91.9 Å². The fourth-order valence-corrected chi connectivity index (χ4v) is 3.72. The van der Waals surface area contributed by atoms with Crippen LogP contribution in [0.1, 0.15) is 40.0 Å². The number of nitrogens with zero attached hydrogens (tertiary/aromatic N) is 1. The molecule has 0 spiro atoms. The lowest BCUT2D eigenvalue weighted by molar-refractivity contribution is -0.132. The lowest BCUT2D eigenvalue weighted by Gasteiger charge is -2.21. The highest BCUT2D eigenvalue weighted by atomic mass is 16.5. The van der Waals surface area contributed by atoms with Gasteiger partial charge in [0.1, 0.15) is 6.61 Å². The molecule has 37 heavy (non-hydrogen) atoms. The average Bonchev–Trinajstić information content (AvgIpc) is 2.94. The maximum absolute atomic E-state index is 12.9. The van der Waals surface area contributed by atoms with E-state index in [1.807, 2.05) is 67.6 Å². The van der Waals surface area contributed by atoms with Crippen LogP contribution < -0.4 is 5.32 Å². The molecule has 0 aliphatic carbocycles. The first-order valence-electron chi connectivity index (χ1n) is 12.0. The molecular formula is C30H32N2O5. The molecule has 1 N–H and O–H groups in total. The number of carbonyl (C=O) groups excluding carboxylic acids is 3. The molecule has 0 radical (unpaired) electrons. The first-order chi connectivity index (χ1) is 17.9. The second kappa shape index (κ2) is 13.6. The van der Waals surface area contributed by atoms with Crippen molar-refractivity contribution in [1.82, 2.24) is 10.2 Å². The molecule has 192 valence electrons. The summed E-state index contributed by atoms with van der Waals surface area (Å²) in [6.45, 7) is 2.44. The SMILES string of the molecule is COC(=O)c1ccc(C(/C=C/[C@@H](C)C(=O)N(C)Cc2ccccc2)NC(=O)OCc2ccccc2)cc1. The minimum atomic E-state index is -0.601. The lowest BCUT2D eigenvalue weighted by Crippen LogP contribution is -2.31. The van der Waals surface area contributed by atoms with Crippen molar-refractivity contribution >= 4 is 18.0 Å². The molecule has 2 atom stereocenters. The van der Waals surface area contributed by atoms with Crippen molar-refractivity contribution in [3.05, 3.63) is 119 Å². The molecule has 1 unspecified atom stereocenters. The maximum atomic E-state index is 12.9. The summed E-state index contributed by atoms with van der Waals surface area (Å²) in [5.41, 5.74) is 3.03. The van der Waals surface area contributed by atoms with Gasteiger partial charge in [-0.3, -0.25) is 4.79 Å². The average molecular weight is 501 g/mol. The van der Waals surface area contributed by atoms with Crippen molar-refractivity contribution in [3.63, 3.8) is 0 Å².